The van der Waals surface area contributed by atoms with Gasteiger partial charge in [-0.15, -0.1) is 0 Å². The molecule has 1 aromatic rings. The molecule has 1 aromatic carbocycles. The topological polar surface area (TPSA) is 9.23 Å². The van der Waals surface area contributed by atoms with Crippen molar-refractivity contribution >= 4 is 5.57 Å². The predicted octanol–water partition coefficient (Wildman–Crippen LogP) is 2.97. The molecule has 0 spiro atoms. The van der Waals surface area contributed by atoms with Gasteiger partial charge in [0, 0.05) is 11.1 Å². The van der Waals surface area contributed by atoms with Crippen LogP contribution < -0.4 is 4.74 Å². The highest BCUT2D eigenvalue weighted by atomic mass is 19.3. The summed E-state index contributed by atoms with van der Waals surface area (Å²) in [5, 5.41) is 0. The maximum absolute atomic E-state index is 12.3. The number of hydrogen-bond donors (Lipinski definition) is 0. The molecule has 1 nitrogen and oxygen atoms in total. The van der Waals surface area contributed by atoms with E-state index in [1.165, 1.54) is 7.11 Å². The number of allylic oxidation sites excluding steroid dienone is 1. The van der Waals surface area contributed by atoms with E-state index in [0.717, 1.165) is 0 Å². The zero-order valence-electron chi connectivity index (χ0n) is 7.26. The maximum Gasteiger partial charge on any atom is 0.263 e. The molecule has 1 rings (SSSR count). The zero-order valence-corrected chi connectivity index (χ0v) is 7.26. The summed E-state index contributed by atoms with van der Waals surface area (Å²) in [5.74, 6) is 0.424. The zero-order chi connectivity index (χ0) is 9.84. The molecule has 0 aliphatic rings. The smallest absolute Gasteiger partial charge is 0.263 e. The van der Waals surface area contributed by atoms with E-state index in [2.05, 4.69) is 6.58 Å². The van der Waals surface area contributed by atoms with Gasteiger partial charge in [0.05, 0.1) is 7.11 Å². The van der Waals surface area contributed by atoms with Crippen LogP contribution in [-0.4, -0.2) is 13.5 Å². The van der Waals surface area contributed by atoms with E-state index in [9.17, 15) is 8.78 Å². The summed E-state index contributed by atoms with van der Waals surface area (Å²) in [7, 11) is 1.44. The second-order valence-corrected chi connectivity index (χ2v) is 2.53. The van der Waals surface area contributed by atoms with Crippen LogP contribution in [0.1, 0.15) is 5.56 Å². The number of para-hydroxylation sites is 1. The molecule has 0 saturated carbocycles. The Bertz CT molecular complexity index is 308. The van der Waals surface area contributed by atoms with E-state index in [0.29, 0.717) is 11.3 Å². The van der Waals surface area contributed by atoms with Crippen molar-refractivity contribution in [1.29, 1.82) is 0 Å². The van der Waals surface area contributed by atoms with Crippen molar-refractivity contribution in [3.63, 3.8) is 0 Å². The largest absolute Gasteiger partial charge is 0.496 e. The highest BCUT2D eigenvalue weighted by molar-refractivity contribution is 5.70. The Balaban J connectivity index is 3.06. The first kappa shape index (κ1) is 9.71. The summed E-state index contributed by atoms with van der Waals surface area (Å²) < 4.78 is 29.5. The van der Waals surface area contributed by atoms with Gasteiger partial charge >= 0.3 is 0 Å². The van der Waals surface area contributed by atoms with E-state index in [1.807, 2.05) is 0 Å². The lowest BCUT2D eigenvalue weighted by atomic mass is 10.1. The molecule has 13 heavy (non-hydrogen) atoms. The van der Waals surface area contributed by atoms with Crippen LogP contribution in [0.5, 0.6) is 5.75 Å². The van der Waals surface area contributed by atoms with Crippen LogP contribution in [0.3, 0.4) is 0 Å². The van der Waals surface area contributed by atoms with Gasteiger partial charge in [0.1, 0.15) is 5.75 Å². The second-order valence-electron chi connectivity index (χ2n) is 2.53. The second kappa shape index (κ2) is 4.03. The molecular weight excluding hydrogens is 174 g/mol. The van der Waals surface area contributed by atoms with Crippen molar-refractivity contribution < 1.29 is 13.5 Å². The van der Waals surface area contributed by atoms with Gasteiger partial charge in [-0.1, -0.05) is 24.8 Å². The number of benzene rings is 1. The monoisotopic (exact) mass is 184 g/mol. The fourth-order valence-corrected chi connectivity index (χ4v) is 1.03. The molecule has 0 saturated heterocycles. The molecule has 0 unspecified atom stereocenters. The lowest BCUT2D eigenvalue weighted by molar-refractivity contribution is 0.215. The van der Waals surface area contributed by atoms with Crippen molar-refractivity contribution in [1.82, 2.24) is 0 Å². The molecule has 0 aromatic heterocycles. The van der Waals surface area contributed by atoms with Gasteiger partial charge in [-0.2, -0.15) is 0 Å². The summed E-state index contributed by atoms with van der Waals surface area (Å²) in [6.07, 6.45) is -2.55. The molecule has 0 N–H and O–H groups in total. The SMILES string of the molecule is C=C(c1ccccc1OC)C(F)F. The third-order valence-electron chi connectivity index (χ3n) is 1.72. The lowest BCUT2D eigenvalue weighted by Gasteiger charge is -2.09. The Labute approximate surface area is 75.6 Å². The minimum atomic E-state index is -2.55. The molecule has 3 heteroatoms. The summed E-state index contributed by atoms with van der Waals surface area (Å²) in [5.41, 5.74) is 0.150. The molecular formula is C10H10F2O. The summed E-state index contributed by atoms with van der Waals surface area (Å²) >= 11 is 0. The van der Waals surface area contributed by atoms with E-state index in [1.54, 1.807) is 24.3 Å². The van der Waals surface area contributed by atoms with E-state index < -0.39 is 6.43 Å². The van der Waals surface area contributed by atoms with Gasteiger partial charge in [0.15, 0.2) is 0 Å². The van der Waals surface area contributed by atoms with Crippen molar-refractivity contribution in [2.45, 2.75) is 6.43 Å². The van der Waals surface area contributed by atoms with Crippen LogP contribution in [0, 0.1) is 0 Å². The van der Waals surface area contributed by atoms with E-state index >= 15 is 0 Å². The predicted molar refractivity (Wildman–Crippen MR) is 48.0 cm³/mol. The molecule has 0 heterocycles. The van der Waals surface area contributed by atoms with Gasteiger partial charge in [-0.3, -0.25) is 0 Å². The Morgan fingerprint density at radius 1 is 1.38 bits per heavy atom. The standard InChI is InChI=1S/C10H10F2O/c1-7(10(11)12)8-5-3-4-6-9(8)13-2/h3-6,10H,1H2,2H3. The Morgan fingerprint density at radius 3 is 2.54 bits per heavy atom. The van der Waals surface area contributed by atoms with Gasteiger partial charge in [0.2, 0.25) is 0 Å². The highest BCUT2D eigenvalue weighted by Crippen LogP contribution is 2.28. The van der Waals surface area contributed by atoms with Crippen LogP contribution >= 0.6 is 0 Å². The van der Waals surface area contributed by atoms with Crippen molar-refractivity contribution in [2.24, 2.45) is 0 Å². The molecule has 70 valence electrons. The first-order valence-electron chi connectivity index (χ1n) is 3.77. The fourth-order valence-electron chi connectivity index (χ4n) is 1.03. The maximum atomic E-state index is 12.3. The van der Waals surface area contributed by atoms with Crippen LogP contribution in [-0.2, 0) is 0 Å². The number of alkyl halides is 2. The van der Waals surface area contributed by atoms with Crippen molar-refractivity contribution in [3.05, 3.63) is 36.4 Å². The first-order valence-corrected chi connectivity index (χ1v) is 3.77. The summed E-state index contributed by atoms with van der Waals surface area (Å²) in [4.78, 5) is 0. The minimum Gasteiger partial charge on any atom is -0.496 e. The van der Waals surface area contributed by atoms with Crippen LogP contribution in [0.15, 0.2) is 30.8 Å². The minimum absolute atomic E-state index is 0.211. The quantitative estimate of drug-likeness (QED) is 0.701. The number of hydrogen-bond acceptors (Lipinski definition) is 1. The van der Waals surface area contributed by atoms with Gasteiger partial charge in [-0.25, -0.2) is 8.78 Å². The Kier molecular flexibility index (Phi) is 3.01. The molecule has 0 aliphatic heterocycles. The summed E-state index contributed by atoms with van der Waals surface area (Å²) in [6.45, 7) is 3.30. The van der Waals surface area contributed by atoms with Crippen molar-refractivity contribution in [2.75, 3.05) is 7.11 Å². The third-order valence-corrected chi connectivity index (χ3v) is 1.72. The van der Waals surface area contributed by atoms with Gasteiger partial charge in [0.25, 0.3) is 6.43 Å². The highest BCUT2D eigenvalue weighted by Gasteiger charge is 2.14. The molecule has 0 radical (unpaired) electrons. The fraction of sp³-hybridized carbons (Fsp3) is 0.200. The summed E-state index contributed by atoms with van der Waals surface area (Å²) in [6, 6.07) is 6.59. The van der Waals surface area contributed by atoms with Crippen LogP contribution in [0.25, 0.3) is 5.57 Å². The average molecular weight is 184 g/mol. The number of halogens is 2. The van der Waals surface area contributed by atoms with E-state index in [-0.39, 0.29) is 5.57 Å². The van der Waals surface area contributed by atoms with Gasteiger partial charge in [-0.05, 0) is 6.07 Å². The van der Waals surface area contributed by atoms with Crippen LogP contribution in [0.2, 0.25) is 0 Å². The van der Waals surface area contributed by atoms with Crippen LogP contribution in [0.4, 0.5) is 8.78 Å². The molecule has 0 amide bonds. The molecule has 0 fully saturated rings. The third kappa shape index (κ3) is 2.05. The van der Waals surface area contributed by atoms with Crippen molar-refractivity contribution in [3.8, 4) is 5.75 Å². The number of methoxy groups -OCH3 is 1. The lowest BCUT2D eigenvalue weighted by Crippen LogP contribution is -1.97. The average Bonchev–Trinajstić information content (AvgIpc) is 2.16. The van der Waals surface area contributed by atoms with E-state index in [4.69, 9.17) is 4.74 Å². The molecule has 0 aliphatic carbocycles. The Hall–Kier alpha value is -1.38. The normalized spacial score (nSPS) is 10.2. The Morgan fingerprint density at radius 2 is 2.00 bits per heavy atom. The first-order chi connectivity index (χ1) is 6.16. The number of rotatable bonds is 3. The number of ether oxygens (including phenoxy) is 1. The van der Waals surface area contributed by atoms with Gasteiger partial charge < -0.3 is 4.74 Å². The molecule has 0 bridgehead atoms. The molecule has 0 atom stereocenters.